The Morgan fingerprint density at radius 3 is 2.23 bits per heavy atom. The average Bonchev–Trinajstić information content (AvgIpc) is 2.06. The monoisotopic (exact) mass is 176 g/mol. The minimum atomic E-state index is -0.0359. The maximum absolute atomic E-state index is 10.5. The molecule has 1 N–H and O–H groups in total. The molecular formula is C10H12N2O. The van der Waals surface area contributed by atoms with E-state index >= 15 is 0 Å². The highest BCUT2D eigenvalue weighted by atomic mass is 16.1. The molecule has 0 fully saturated rings. The van der Waals surface area contributed by atoms with Crippen molar-refractivity contribution in [1.82, 2.24) is 0 Å². The van der Waals surface area contributed by atoms with E-state index in [0.717, 1.165) is 5.69 Å². The highest BCUT2D eigenvalue weighted by molar-refractivity contribution is 5.88. The second kappa shape index (κ2) is 6.86. The van der Waals surface area contributed by atoms with Gasteiger partial charge in [0.05, 0.1) is 6.07 Å². The van der Waals surface area contributed by atoms with Crippen LogP contribution < -0.4 is 5.32 Å². The smallest absolute Gasteiger partial charge is 0.221 e. The second-order valence-corrected chi connectivity index (χ2v) is 2.27. The van der Waals surface area contributed by atoms with Crippen molar-refractivity contribution in [3.8, 4) is 6.07 Å². The molecule has 0 radical (unpaired) electrons. The summed E-state index contributed by atoms with van der Waals surface area (Å²) in [5.74, 6) is -0.0359. The number of nitrogens with one attached hydrogen (secondary N) is 1. The summed E-state index contributed by atoms with van der Waals surface area (Å²) in [7, 11) is 0. The van der Waals surface area contributed by atoms with E-state index in [0.29, 0.717) is 0 Å². The molecule has 0 atom stereocenters. The first kappa shape index (κ1) is 11.2. The molecular weight excluding hydrogens is 164 g/mol. The van der Waals surface area contributed by atoms with Crippen molar-refractivity contribution in [3.63, 3.8) is 0 Å². The van der Waals surface area contributed by atoms with Gasteiger partial charge in [0.2, 0.25) is 5.91 Å². The molecule has 68 valence electrons. The summed E-state index contributed by atoms with van der Waals surface area (Å²) in [6, 6.07) is 11.1. The molecule has 13 heavy (non-hydrogen) atoms. The fourth-order valence-electron chi connectivity index (χ4n) is 0.725. The summed E-state index contributed by atoms with van der Waals surface area (Å²) in [5, 5.41) is 9.99. The van der Waals surface area contributed by atoms with Crippen molar-refractivity contribution < 1.29 is 4.79 Å². The number of nitriles is 1. The SMILES string of the molecule is CC#N.CC(=O)Nc1ccccc1. The number of amides is 1. The quantitative estimate of drug-likeness (QED) is 0.713. The largest absolute Gasteiger partial charge is 0.326 e. The van der Waals surface area contributed by atoms with E-state index in [-0.39, 0.29) is 5.91 Å². The topological polar surface area (TPSA) is 52.9 Å². The van der Waals surface area contributed by atoms with Gasteiger partial charge in [-0.05, 0) is 12.1 Å². The first-order chi connectivity index (χ1) is 6.20. The van der Waals surface area contributed by atoms with Crippen LogP contribution in [0.25, 0.3) is 0 Å². The van der Waals surface area contributed by atoms with Crippen LogP contribution in [0.4, 0.5) is 5.69 Å². The van der Waals surface area contributed by atoms with E-state index in [1.165, 1.54) is 13.8 Å². The lowest BCUT2D eigenvalue weighted by Crippen LogP contribution is -2.04. The lowest BCUT2D eigenvalue weighted by atomic mass is 10.3. The number of hydrogen-bond acceptors (Lipinski definition) is 2. The van der Waals surface area contributed by atoms with Crippen LogP contribution in [-0.2, 0) is 4.79 Å². The van der Waals surface area contributed by atoms with Crippen molar-refractivity contribution in [1.29, 1.82) is 5.26 Å². The lowest BCUT2D eigenvalue weighted by molar-refractivity contribution is -0.114. The van der Waals surface area contributed by atoms with Gasteiger partial charge in [0, 0.05) is 19.5 Å². The van der Waals surface area contributed by atoms with Crippen LogP contribution in [0.5, 0.6) is 0 Å². The minimum Gasteiger partial charge on any atom is -0.326 e. The van der Waals surface area contributed by atoms with E-state index in [9.17, 15) is 4.79 Å². The molecule has 0 spiro atoms. The highest BCUT2D eigenvalue weighted by Crippen LogP contribution is 2.03. The third-order valence-electron chi connectivity index (χ3n) is 1.09. The number of nitrogens with zero attached hydrogens (tertiary/aromatic N) is 1. The van der Waals surface area contributed by atoms with Gasteiger partial charge in [-0.2, -0.15) is 5.26 Å². The van der Waals surface area contributed by atoms with Crippen molar-refractivity contribution in [2.24, 2.45) is 0 Å². The molecule has 1 aromatic carbocycles. The van der Waals surface area contributed by atoms with Gasteiger partial charge in [-0.15, -0.1) is 0 Å². The molecule has 0 saturated carbocycles. The predicted octanol–water partition coefficient (Wildman–Crippen LogP) is 2.17. The normalized spacial score (nSPS) is 7.46. The van der Waals surface area contributed by atoms with Gasteiger partial charge in [-0.1, -0.05) is 18.2 Å². The maximum Gasteiger partial charge on any atom is 0.221 e. The highest BCUT2D eigenvalue weighted by Gasteiger charge is 1.90. The summed E-state index contributed by atoms with van der Waals surface area (Å²) in [6.45, 7) is 2.92. The fourth-order valence-corrected chi connectivity index (χ4v) is 0.725. The minimum absolute atomic E-state index is 0.0359. The van der Waals surface area contributed by atoms with E-state index < -0.39 is 0 Å². The van der Waals surface area contributed by atoms with Crippen LogP contribution in [0.15, 0.2) is 30.3 Å². The van der Waals surface area contributed by atoms with Crippen LogP contribution >= 0.6 is 0 Å². The van der Waals surface area contributed by atoms with Crippen molar-refractivity contribution in [2.75, 3.05) is 5.32 Å². The van der Waals surface area contributed by atoms with Crippen LogP contribution in [-0.4, -0.2) is 5.91 Å². The molecule has 0 aliphatic rings. The Kier molecular flexibility index (Phi) is 5.90. The molecule has 0 unspecified atom stereocenters. The number of para-hydroxylation sites is 1. The zero-order valence-electron chi connectivity index (χ0n) is 7.74. The number of rotatable bonds is 1. The molecule has 3 nitrogen and oxygen atoms in total. The molecule has 0 saturated heterocycles. The van der Waals surface area contributed by atoms with Crippen LogP contribution in [0.1, 0.15) is 13.8 Å². The Labute approximate surface area is 78.0 Å². The Morgan fingerprint density at radius 2 is 1.85 bits per heavy atom. The molecule has 1 rings (SSSR count). The van der Waals surface area contributed by atoms with Gasteiger partial charge in [0.15, 0.2) is 0 Å². The maximum atomic E-state index is 10.5. The third kappa shape index (κ3) is 6.57. The van der Waals surface area contributed by atoms with Crippen molar-refractivity contribution >= 4 is 11.6 Å². The van der Waals surface area contributed by atoms with Crippen LogP contribution in [0.3, 0.4) is 0 Å². The predicted molar refractivity (Wildman–Crippen MR) is 52.0 cm³/mol. The van der Waals surface area contributed by atoms with E-state index in [4.69, 9.17) is 5.26 Å². The number of hydrogen-bond donors (Lipinski definition) is 1. The van der Waals surface area contributed by atoms with E-state index in [1.807, 2.05) is 30.3 Å². The summed E-state index contributed by atoms with van der Waals surface area (Å²) >= 11 is 0. The van der Waals surface area contributed by atoms with Gasteiger partial charge < -0.3 is 5.32 Å². The fraction of sp³-hybridized carbons (Fsp3) is 0.200. The first-order valence-corrected chi connectivity index (χ1v) is 3.84. The van der Waals surface area contributed by atoms with Crippen LogP contribution in [0, 0.1) is 11.3 Å². The lowest BCUT2D eigenvalue weighted by Gasteiger charge is -1.98. The van der Waals surface area contributed by atoms with Gasteiger partial charge in [-0.25, -0.2) is 0 Å². The summed E-state index contributed by atoms with van der Waals surface area (Å²) < 4.78 is 0. The molecule has 1 aromatic rings. The van der Waals surface area contributed by atoms with E-state index in [1.54, 1.807) is 6.07 Å². The Bertz CT molecular complexity index is 288. The van der Waals surface area contributed by atoms with Crippen LogP contribution in [0.2, 0.25) is 0 Å². The Morgan fingerprint density at radius 1 is 1.38 bits per heavy atom. The summed E-state index contributed by atoms with van der Waals surface area (Å²) in [5.41, 5.74) is 0.843. The zero-order chi connectivity index (χ0) is 10.1. The molecule has 0 bridgehead atoms. The molecule has 0 heterocycles. The average molecular weight is 176 g/mol. The number of benzene rings is 1. The molecule has 3 heteroatoms. The Hall–Kier alpha value is -1.82. The van der Waals surface area contributed by atoms with E-state index in [2.05, 4.69) is 5.32 Å². The molecule has 1 amide bonds. The molecule has 0 aliphatic carbocycles. The second-order valence-electron chi connectivity index (χ2n) is 2.27. The number of carbonyl (C=O) groups is 1. The van der Waals surface area contributed by atoms with Gasteiger partial charge in [-0.3, -0.25) is 4.79 Å². The number of anilines is 1. The van der Waals surface area contributed by atoms with Crippen molar-refractivity contribution in [3.05, 3.63) is 30.3 Å². The third-order valence-corrected chi connectivity index (χ3v) is 1.09. The molecule has 0 aromatic heterocycles. The summed E-state index contributed by atoms with van der Waals surface area (Å²) in [4.78, 5) is 10.5. The van der Waals surface area contributed by atoms with Gasteiger partial charge in [0.1, 0.15) is 0 Å². The standard InChI is InChI=1S/C8H9NO.C2H3N/c1-7(10)9-8-5-3-2-4-6-8;1-2-3/h2-6H,1H3,(H,9,10);1H3. The molecule has 0 aliphatic heterocycles. The van der Waals surface area contributed by atoms with Crippen molar-refractivity contribution in [2.45, 2.75) is 13.8 Å². The van der Waals surface area contributed by atoms with Gasteiger partial charge in [0.25, 0.3) is 0 Å². The Balaban J connectivity index is 0.000000424. The zero-order valence-corrected chi connectivity index (χ0v) is 7.74. The first-order valence-electron chi connectivity index (χ1n) is 3.84. The summed E-state index contributed by atoms with van der Waals surface area (Å²) in [6.07, 6.45) is 0. The number of carbonyl (C=O) groups excluding carboxylic acids is 1. The van der Waals surface area contributed by atoms with Gasteiger partial charge >= 0.3 is 0 Å².